The van der Waals surface area contributed by atoms with Gasteiger partial charge in [-0.05, 0) is 86.6 Å². The van der Waals surface area contributed by atoms with Gasteiger partial charge >= 0.3 is 0 Å². The molecule has 3 aromatic heterocycles. The molecule has 0 aliphatic heterocycles. The van der Waals surface area contributed by atoms with Crippen molar-refractivity contribution in [3.8, 4) is 44.8 Å². The summed E-state index contributed by atoms with van der Waals surface area (Å²) >= 11 is 0. The molecule has 1 aliphatic rings. The third-order valence-electron chi connectivity index (χ3n) is 12.0. The molecule has 13 rings (SSSR count). The van der Waals surface area contributed by atoms with Crippen LogP contribution in [-0.2, 0) is 0 Å². The Kier molecular flexibility index (Phi) is 5.63. The van der Waals surface area contributed by atoms with Crippen LogP contribution in [0.2, 0.25) is 0 Å². The van der Waals surface area contributed by atoms with E-state index in [1.807, 2.05) is 0 Å². The summed E-state index contributed by atoms with van der Waals surface area (Å²) in [6.45, 7) is 0. The largest absolute Gasteiger partial charge is 0.454 e. The summed E-state index contributed by atoms with van der Waals surface area (Å²) in [4.78, 5) is 0. The average Bonchev–Trinajstić information content (AvgIpc) is 3.99. The number of nitrogens with zero attached hydrogens (tertiary/aromatic N) is 2. The molecule has 55 heavy (non-hydrogen) atoms. The van der Waals surface area contributed by atoms with Crippen molar-refractivity contribution in [3.05, 3.63) is 182 Å². The molecule has 0 saturated carbocycles. The number of furan rings is 1. The predicted octanol–water partition coefficient (Wildman–Crippen LogP) is 14.2. The lowest BCUT2D eigenvalue weighted by Crippen LogP contribution is -1.99. The molecule has 3 nitrogen and oxygen atoms in total. The summed E-state index contributed by atoms with van der Waals surface area (Å²) in [5.74, 6) is 0. The van der Waals surface area contributed by atoms with Crippen LogP contribution >= 0.6 is 0 Å². The fourth-order valence-electron chi connectivity index (χ4n) is 9.71. The fourth-order valence-corrected chi connectivity index (χ4v) is 9.71. The van der Waals surface area contributed by atoms with E-state index in [9.17, 15) is 0 Å². The monoisotopic (exact) mass is 698 g/mol. The molecule has 3 heteroatoms. The van der Waals surface area contributed by atoms with Gasteiger partial charge in [-0.15, -0.1) is 0 Å². The normalized spacial score (nSPS) is 12.4. The molecule has 0 amide bonds. The molecule has 1 aliphatic carbocycles. The summed E-state index contributed by atoms with van der Waals surface area (Å²) in [6.07, 6.45) is 0. The van der Waals surface area contributed by atoms with Gasteiger partial charge in [-0.2, -0.15) is 0 Å². The Bertz CT molecular complexity index is 3590. The molecular weight excluding hydrogens is 669 g/mol. The molecule has 0 fully saturated rings. The molecule has 12 aromatic rings. The molecule has 0 N–H and O–H groups in total. The summed E-state index contributed by atoms with van der Waals surface area (Å²) in [7, 11) is 0. The minimum atomic E-state index is 0.898. The van der Waals surface area contributed by atoms with Crippen LogP contribution in [0.15, 0.2) is 186 Å². The molecule has 0 saturated heterocycles. The van der Waals surface area contributed by atoms with Gasteiger partial charge in [-0.1, -0.05) is 140 Å². The summed E-state index contributed by atoms with van der Waals surface area (Å²) < 4.78 is 11.8. The zero-order valence-electron chi connectivity index (χ0n) is 29.6. The van der Waals surface area contributed by atoms with E-state index < -0.39 is 0 Å². The SMILES string of the molecule is c1ccc(-c2cccc(-n3c4ccccc4c4ccc5c6ccc7c8ccccc8oc7c6n(-c6ccc7c(c6)-c6cccc8cccc-7c68)c5c43)c2)cc1. The van der Waals surface area contributed by atoms with Gasteiger partial charge in [-0.25, -0.2) is 0 Å². The van der Waals surface area contributed by atoms with E-state index in [0.29, 0.717) is 0 Å². The molecule has 0 spiro atoms. The highest BCUT2D eigenvalue weighted by Crippen LogP contribution is 2.50. The summed E-state index contributed by atoms with van der Waals surface area (Å²) in [6, 6.07) is 66.5. The average molecular weight is 699 g/mol. The van der Waals surface area contributed by atoms with Crippen LogP contribution in [0.4, 0.5) is 0 Å². The molecule has 0 bridgehead atoms. The van der Waals surface area contributed by atoms with Crippen molar-refractivity contribution in [1.29, 1.82) is 0 Å². The number of hydrogen-bond acceptors (Lipinski definition) is 1. The van der Waals surface area contributed by atoms with Crippen LogP contribution in [0.25, 0.3) is 121 Å². The van der Waals surface area contributed by atoms with E-state index in [4.69, 9.17) is 4.42 Å². The van der Waals surface area contributed by atoms with Crippen LogP contribution < -0.4 is 0 Å². The van der Waals surface area contributed by atoms with Crippen LogP contribution in [0.1, 0.15) is 0 Å². The number of fused-ring (bicyclic) bond motifs is 14. The number of benzene rings is 9. The first-order valence-electron chi connectivity index (χ1n) is 18.9. The van der Waals surface area contributed by atoms with Crippen LogP contribution in [0.3, 0.4) is 0 Å². The first kappa shape index (κ1) is 29.1. The third kappa shape index (κ3) is 3.84. The van der Waals surface area contributed by atoms with Crippen molar-refractivity contribution in [3.63, 3.8) is 0 Å². The maximum atomic E-state index is 6.87. The second-order valence-electron chi connectivity index (χ2n) is 14.8. The number of para-hydroxylation sites is 2. The number of hydrogen-bond donors (Lipinski definition) is 0. The van der Waals surface area contributed by atoms with Gasteiger partial charge in [0, 0.05) is 43.7 Å². The van der Waals surface area contributed by atoms with Crippen LogP contribution in [0, 0.1) is 0 Å². The Balaban J connectivity index is 1.22. The molecule has 254 valence electrons. The molecule has 3 heterocycles. The van der Waals surface area contributed by atoms with Crippen molar-refractivity contribution in [2.24, 2.45) is 0 Å². The summed E-state index contributed by atoms with van der Waals surface area (Å²) in [5, 5.41) is 9.67. The highest BCUT2D eigenvalue weighted by molar-refractivity contribution is 6.28. The van der Waals surface area contributed by atoms with Gasteiger partial charge in [-0.3, -0.25) is 0 Å². The number of aromatic nitrogens is 2. The first-order valence-corrected chi connectivity index (χ1v) is 18.9. The summed E-state index contributed by atoms with van der Waals surface area (Å²) in [5.41, 5.74) is 16.2. The van der Waals surface area contributed by atoms with Gasteiger partial charge in [0.2, 0.25) is 0 Å². The zero-order chi connectivity index (χ0) is 35.8. The molecular formula is C52H30N2O. The maximum absolute atomic E-state index is 6.87. The Morgan fingerprint density at radius 2 is 0.982 bits per heavy atom. The molecule has 0 atom stereocenters. The maximum Gasteiger partial charge on any atom is 0.160 e. The topological polar surface area (TPSA) is 23.0 Å². The van der Waals surface area contributed by atoms with Crippen molar-refractivity contribution < 1.29 is 4.42 Å². The van der Waals surface area contributed by atoms with Crippen molar-refractivity contribution >= 4 is 76.3 Å². The van der Waals surface area contributed by atoms with Gasteiger partial charge in [0.05, 0.1) is 22.1 Å². The van der Waals surface area contributed by atoms with Crippen molar-refractivity contribution in [1.82, 2.24) is 9.13 Å². The van der Waals surface area contributed by atoms with E-state index in [2.05, 4.69) is 191 Å². The Morgan fingerprint density at radius 3 is 1.84 bits per heavy atom. The van der Waals surface area contributed by atoms with E-state index in [-0.39, 0.29) is 0 Å². The van der Waals surface area contributed by atoms with Crippen LogP contribution in [-0.4, -0.2) is 9.13 Å². The van der Waals surface area contributed by atoms with Crippen molar-refractivity contribution in [2.45, 2.75) is 0 Å². The lowest BCUT2D eigenvalue weighted by atomic mass is 10.0. The van der Waals surface area contributed by atoms with Gasteiger partial charge < -0.3 is 13.6 Å². The molecule has 9 aromatic carbocycles. The minimum Gasteiger partial charge on any atom is -0.454 e. The smallest absolute Gasteiger partial charge is 0.160 e. The molecule has 0 unspecified atom stereocenters. The zero-order valence-corrected chi connectivity index (χ0v) is 29.6. The Labute approximate surface area is 315 Å². The van der Waals surface area contributed by atoms with E-state index in [0.717, 1.165) is 44.3 Å². The Morgan fingerprint density at radius 1 is 0.345 bits per heavy atom. The fraction of sp³-hybridized carbons (Fsp3) is 0. The quantitative estimate of drug-likeness (QED) is 0.180. The highest BCUT2D eigenvalue weighted by Gasteiger charge is 2.26. The van der Waals surface area contributed by atoms with E-state index >= 15 is 0 Å². The minimum absolute atomic E-state index is 0.898. The number of rotatable bonds is 3. The predicted molar refractivity (Wildman–Crippen MR) is 230 cm³/mol. The van der Waals surface area contributed by atoms with Crippen molar-refractivity contribution in [2.75, 3.05) is 0 Å². The Hall–Kier alpha value is -7.36. The van der Waals surface area contributed by atoms with Gasteiger partial charge in [0.25, 0.3) is 0 Å². The standard InChI is InChI=1S/C52H30N2O/c1-2-11-31(12-3-1)33-15-8-16-34(29-33)53-46-21-6-4-17-37(46)41-25-26-42-43-27-28-44-38-18-5-7-22-47(38)55-52(44)51(43)54(50(42)49(41)53)35-23-24-36-39-19-9-13-32-14-10-20-40(48(32)39)45(36)30-35/h1-30H. The second-order valence-corrected chi connectivity index (χ2v) is 14.8. The highest BCUT2D eigenvalue weighted by atomic mass is 16.3. The molecule has 0 radical (unpaired) electrons. The van der Waals surface area contributed by atoms with Crippen LogP contribution in [0.5, 0.6) is 0 Å². The van der Waals surface area contributed by atoms with E-state index in [1.165, 1.54) is 76.7 Å². The third-order valence-corrected chi connectivity index (χ3v) is 12.0. The second kappa shape index (κ2) is 10.6. The van der Waals surface area contributed by atoms with Gasteiger partial charge in [0.15, 0.2) is 5.58 Å². The lowest BCUT2D eigenvalue weighted by molar-refractivity contribution is 0.671. The van der Waals surface area contributed by atoms with Gasteiger partial charge in [0.1, 0.15) is 5.58 Å². The van der Waals surface area contributed by atoms with E-state index in [1.54, 1.807) is 0 Å². The lowest BCUT2D eigenvalue weighted by Gasteiger charge is -2.14. The first-order chi connectivity index (χ1) is 27.3.